The highest BCUT2D eigenvalue weighted by molar-refractivity contribution is 7.13. The van der Waals surface area contributed by atoms with Gasteiger partial charge in [0.2, 0.25) is 5.89 Å². The van der Waals surface area contributed by atoms with Gasteiger partial charge in [0.05, 0.1) is 11.1 Å². The van der Waals surface area contributed by atoms with Crippen LogP contribution >= 0.6 is 11.3 Å². The molecule has 25 heavy (non-hydrogen) atoms. The summed E-state index contributed by atoms with van der Waals surface area (Å²) in [6, 6.07) is 12.5. The van der Waals surface area contributed by atoms with Gasteiger partial charge in [-0.05, 0) is 17.0 Å². The first kappa shape index (κ1) is 15.6. The molecule has 0 aliphatic carbocycles. The second-order valence-electron chi connectivity index (χ2n) is 5.71. The van der Waals surface area contributed by atoms with Crippen molar-refractivity contribution >= 4 is 23.3 Å². The van der Waals surface area contributed by atoms with Crippen LogP contribution in [0, 0.1) is 0 Å². The Balaban J connectivity index is 1.46. The topological polar surface area (TPSA) is 75.4 Å². The van der Waals surface area contributed by atoms with Crippen LogP contribution in [0.25, 0.3) is 10.6 Å². The number of thiophene rings is 1. The zero-order chi connectivity index (χ0) is 17.2. The summed E-state index contributed by atoms with van der Waals surface area (Å²) < 4.78 is 5.67. The van der Waals surface area contributed by atoms with Gasteiger partial charge in [0.15, 0.2) is 5.76 Å². The van der Waals surface area contributed by atoms with Crippen molar-refractivity contribution in [2.24, 2.45) is 0 Å². The Morgan fingerprint density at radius 2 is 2.00 bits per heavy atom. The lowest BCUT2D eigenvalue weighted by atomic mass is 10.1. The van der Waals surface area contributed by atoms with Crippen LogP contribution in [0.15, 0.2) is 58.5 Å². The van der Waals surface area contributed by atoms with E-state index >= 15 is 0 Å². The number of nitrogens with zero attached hydrogens (tertiary/aromatic N) is 2. The Morgan fingerprint density at radius 3 is 2.76 bits per heavy atom. The van der Waals surface area contributed by atoms with Crippen molar-refractivity contribution in [3.05, 3.63) is 65.5 Å². The Morgan fingerprint density at radius 1 is 1.16 bits per heavy atom. The van der Waals surface area contributed by atoms with Crippen molar-refractivity contribution in [2.45, 2.75) is 19.0 Å². The molecule has 126 valence electrons. The van der Waals surface area contributed by atoms with Crippen LogP contribution in [-0.4, -0.2) is 27.9 Å². The zero-order valence-corrected chi connectivity index (χ0v) is 14.0. The van der Waals surface area contributed by atoms with E-state index in [1.165, 1.54) is 0 Å². The van der Waals surface area contributed by atoms with Crippen molar-refractivity contribution in [3.63, 3.8) is 0 Å². The molecule has 1 atom stereocenters. The molecule has 0 saturated carbocycles. The van der Waals surface area contributed by atoms with Crippen LogP contribution in [0.1, 0.15) is 11.5 Å². The first-order valence-electron chi connectivity index (χ1n) is 7.85. The smallest absolute Gasteiger partial charge is 0.325 e. The van der Waals surface area contributed by atoms with Crippen molar-refractivity contribution in [3.8, 4) is 10.6 Å². The molecule has 0 spiro atoms. The number of urea groups is 1. The van der Waals surface area contributed by atoms with E-state index in [1.807, 2.05) is 47.8 Å². The van der Waals surface area contributed by atoms with Crippen LogP contribution in [-0.2, 0) is 17.8 Å². The molecule has 3 amide bonds. The standard InChI is InChI=1S/C18H15N3O3S/c22-17-13(9-12-5-2-1-3-6-12)20-18(23)21(17)11-16-19-10-14(24-16)15-7-4-8-25-15/h1-8,10,13H,9,11H2,(H,20,23). The molecule has 3 aromatic rings. The zero-order valence-electron chi connectivity index (χ0n) is 13.2. The number of hydrogen-bond donors (Lipinski definition) is 1. The van der Waals surface area contributed by atoms with Crippen LogP contribution in [0.4, 0.5) is 4.79 Å². The molecular formula is C18H15N3O3S. The summed E-state index contributed by atoms with van der Waals surface area (Å²) in [5.74, 6) is 0.717. The van der Waals surface area contributed by atoms with Crippen molar-refractivity contribution in [1.82, 2.24) is 15.2 Å². The molecular weight excluding hydrogens is 338 g/mol. The highest BCUT2D eigenvalue weighted by atomic mass is 32.1. The lowest BCUT2D eigenvalue weighted by Crippen LogP contribution is -2.32. The molecule has 0 bridgehead atoms. The second-order valence-corrected chi connectivity index (χ2v) is 6.66. The third-order valence-electron chi connectivity index (χ3n) is 4.00. The average molecular weight is 353 g/mol. The minimum atomic E-state index is -0.554. The number of rotatable bonds is 5. The van der Waals surface area contributed by atoms with Crippen LogP contribution in [0.3, 0.4) is 0 Å². The van der Waals surface area contributed by atoms with E-state index in [9.17, 15) is 9.59 Å². The van der Waals surface area contributed by atoms with Gasteiger partial charge in [-0.15, -0.1) is 11.3 Å². The van der Waals surface area contributed by atoms with E-state index in [0.717, 1.165) is 15.3 Å². The second kappa shape index (κ2) is 6.52. The number of imide groups is 1. The molecule has 4 rings (SSSR count). The van der Waals surface area contributed by atoms with Gasteiger partial charge in [-0.3, -0.25) is 9.69 Å². The van der Waals surface area contributed by atoms with Gasteiger partial charge >= 0.3 is 6.03 Å². The largest absolute Gasteiger partial charge is 0.438 e. The van der Waals surface area contributed by atoms with Crippen LogP contribution < -0.4 is 5.32 Å². The number of oxazole rings is 1. The molecule has 1 fully saturated rings. The number of benzene rings is 1. The molecule has 1 N–H and O–H groups in total. The Labute approximate surface area is 148 Å². The SMILES string of the molecule is O=C1NC(Cc2ccccc2)C(=O)N1Cc1ncc(-c2cccs2)o1. The number of hydrogen-bond acceptors (Lipinski definition) is 5. The van der Waals surface area contributed by atoms with Crippen molar-refractivity contribution < 1.29 is 14.0 Å². The van der Waals surface area contributed by atoms with E-state index in [4.69, 9.17) is 4.42 Å². The molecule has 1 saturated heterocycles. The van der Waals surface area contributed by atoms with Gasteiger partial charge in [-0.2, -0.15) is 0 Å². The number of amides is 3. The number of nitrogens with one attached hydrogen (secondary N) is 1. The fourth-order valence-corrected chi connectivity index (χ4v) is 3.44. The quantitative estimate of drug-likeness (QED) is 0.715. The van der Waals surface area contributed by atoms with Gasteiger partial charge in [0, 0.05) is 6.42 Å². The van der Waals surface area contributed by atoms with E-state index < -0.39 is 12.1 Å². The molecule has 3 heterocycles. The Bertz CT molecular complexity index is 889. The summed E-state index contributed by atoms with van der Waals surface area (Å²) >= 11 is 1.54. The van der Waals surface area contributed by atoms with Gasteiger partial charge in [0.25, 0.3) is 5.91 Å². The number of aromatic nitrogens is 1. The minimum absolute atomic E-state index is 0.0291. The summed E-state index contributed by atoms with van der Waals surface area (Å²) in [7, 11) is 0. The highest BCUT2D eigenvalue weighted by Gasteiger charge is 2.38. The molecule has 6 nitrogen and oxygen atoms in total. The Kier molecular flexibility index (Phi) is 4.07. The number of carbonyl (C=O) groups excluding carboxylic acids is 2. The monoisotopic (exact) mass is 353 g/mol. The lowest BCUT2D eigenvalue weighted by molar-refractivity contribution is -0.128. The summed E-state index contributed by atoms with van der Waals surface area (Å²) in [5, 5.41) is 4.67. The summed E-state index contributed by atoms with van der Waals surface area (Å²) in [4.78, 5) is 31.0. The highest BCUT2D eigenvalue weighted by Crippen LogP contribution is 2.26. The predicted molar refractivity (Wildman–Crippen MR) is 92.8 cm³/mol. The van der Waals surface area contributed by atoms with Gasteiger partial charge < -0.3 is 9.73 Å². The van der Waals surface area contributed by atoms with Gasteiger partial charge in [-0.1, -0.05) is 36.4 Å². The average Bonchev–Trinajstić information content (AvgIpc) is 3.34. The lowest BCUT2D eigenvalue weighted by Gasteiger charge is -2.10. The maximum absolute atomic E-state index is 12.5. The molecule has 1 aliphatic heterocycles. The van der Waals surface area contributed by atoms with Crippen molar-refractivity contribution in [1.29, 1.82) is 0 Å². The minimum Gasteiger partial charge on any atom is -0.438 e. The maximum atomic E-state index is 12.5. The van der Waals surface area contributed by atoms with Crippen LogP contribution in [0.2, 0.25) is 0 Å². The van der Waals surface area contributed by atoms with E-state index in [1.54, 1.807) is 17.5 Å². The third kappa shape index (κ3) is 3.18. The van der Waals surface area contributed by atoms with E-state index in [0.29, 0.717) is 18.1 Å². The van der Waals surface area contributed by atoms with E-state index in [-0.39, 0.29) is 12.5 Å². The molecule has 1 unspecified atom stereocenters. The number of carbonyl (C=O) groups is 2. The normalized spacial score (nSPS) is 17.1. The van der Waals surface area contributed by atoms with Crippen molar-refractivity contribution in [2.75, 3.05) is 0 Å². The predicted octanol–water partition coefficient (Wildman–Crippen LogP) is 3.07. The molecule has 7 heteroatoms. The third-order valence-corrected chi connectivity index (χ3v) is 4.89. The maximum Gasteiger partial charge on any atom is 0.325 e. The Hall–Kier alpha value is -2.93. The fraction of sp³-hybridized carbons (Fsp3) is 0.167. The summed E-state index contributed by atoms with van der Waals surface area (Å²) in [5.41, 5.74) is 0.999. The van der Waals surface area contributed by atoms with Crippen LogP contribution in [0.5, 0.6) is 0 Å². The fourth-order valence-electron chi connectivity index (χ4n) is 2.77. The van der Waals surface area contributed by atoms with Gasteiger partial charge in [-0.25, -0.2) is 9.78 Å². The molecule has 1 aromatic carbocycles. The molecule has 2 aromatic heterocycles. The summed E-state index contributed by atoms with van der Waals surface area (Å²) in [6.45, 7) is 0.0291. The molecule has 0 radical (unpaired) electrons. The first-order valence-corrected chi connectivity index (χ1v) is 8.73. The van der Waals surface area contributed by atoms with Gasteiger partial charge in [0.1, 0.15) is 12.6 Å². The van der Waals surface area contributed by atoms with E-state index in [2.05, 4.69) is 10.3 Å². The summed E-state index contributed by atoms with van der Waals surface area (Å²) in [6.07, 6.45) is 2.08. The molecule has 1 aliphatic rings. The first-order chi connectivity index (χ1) is 12.2.